The van der Waals surface area contributed by atoms with Crippen LogP contribution in [0.2, 0.25) is 0 Å². The lowest BCUT2D eigenvalue weighted by Gasteiger charge is -2.34. The molecule has 0 atom stereocenters. The number of nitrogens with zero attached hydrogens (tertiary/aromatic N) is 2. The van der Waals surface area contributed by atoms with Crippen LogP contribution in [0, 0.1) is 10.5 Å². The maximum absolute atomic E-state index is 12.5. The van der Waals surface area contributed by atoms with Gasteiger partial charge in [0.05, 0.1) is 13.0 Å². The summed E-state index contributed by atoms with van der Waals surface area (Å²) >= 11 is 2.24. The van der Waals surface area contributed by atoms with Gasteiger partial charge in [-0.05, 0) is 59.3 Å². The third kappa shape index (κ3) is 6.04. The zero-order chi connectivity index (χ0) is 19.2. The van der Waals surface area contributed by atoms with Crippen LogP contribution in [0.1, 0.15) is 11.1 Å². The van der Waals surface area contributed by atoms with Crippen molar-refractivity contribution >= 4 is 40.1 Å². The van der Waals surface area contributed by atoms with Crippen molar-refractivity contribution in [1.82, 2.24) is 9.80 Å². The zero-order valence-electron chi connectivity index (χ0n) is 15.5. The average Bonchev–Trinajstić information content (AvgIpc) is 2.66. The maximum atomic E-state index is 12.5. The molecule has 0 bridgehead atoms. The van der Waals surface area contributed by atoms with Crippen LogP contribution < -0.4 is 5.32 Å². The second-order valence-electron chi connectivity index (χ2n) is 6.87. The monoisotopic (exact) mass is 477 g/mol. The van der Waals surface area contributed by atoms with Gasteiger partial charge in [-0.25, -0.2) is 0 Å². The molecule has 0 aromatic heterocycles. The molecule has 3 rings (SSSR count). The van der Waals surface area contributed by atoms with Crippen LogP contribution in [0.4, 0.5) is 5.69 Å². The minimum Gasteiger partial charge on any atom is -0.340 e. The normalized spacial score (nSPS) is 14.8. The van der Waals surface area contributed by atoms with Gasteiger partial charge in [-0.15, -0.1) is 0 Å². The Labute approximate surface area is 173 Å². The molecule has 1 N–H and O–H groups in total. The molecule has 6 heteroatoms. The molecule has 2 aromatic rings. The third-order valence-corrected chi connectivity index (χ3v) is 5.42. The van der Waals surface area contributed by atoms with Crippen LogP contribution in [-0.2, 0) is 16.0 Å². The van der Waals surface area contributed by atoms with E-state index in [1.807, 2.05) is 60.4 Å². The molecule has 0 saturated carbocycles. The molecule has 5 nitrogen and oxygen atoms in total. The van der Waals surface area contributed by atoms with Crippen LogP contribution in [0.25, 0.3) is 0 Å². The molecule has 1 heterocycles. The Morgan fingerprint density at radius 2 is 1.59 bits per heavy atom. The highest BCUT2D eigenvalue weighted by Gasteiger charge is 2.22. The minimum absolute atomic E-state index is 0.0179. The second kappa shape index (κ2) is 9.32. The van der Waals surface area contributed by atoms with Gasteiger partial charge in [-0.1, -0.05) is 29.8 Å². The van der Waals surface area contributed by atoms with Gasteiger partial charge < -0.3 is 10.2 Å². The fraction of sp³-hybridized carbons (Fsp3) is 0.333. The number of amides is 2. The minimum atomic E-state index is -0.0179. The lowest BCUT2D eigenvalue weighted by Crippen LogP contribution is -2.50. The number of benzene rings is 2. The Morgan fingerprint density at radius 1 is 0.963 bits per heavy atom. The molecule has 0 spiro atoms. The lowest BCUT2D eigenvalue weighted by molar-refractivity contribution is -0.132. The molecule has 2 aromatic carbocycles. The number of hydrogen-bond donors (Lipinski definition) is 1. The molecule has 1 saturated heterocycles. The van der Waals surface area contributed by atoms with Crippen molar-refractivity contribution in [3.63, 3.8) is 0 Å². The highest BCUT2D eigenvalue weighted by molar-refractivity contribution is 14.1. The first kappa shape index (κ1) is 19.8. The summed E-state index contributed by atoms with van der Waals surface area (Å²) < 4.78 is 1.14. The Bertz CT molecular complexity index is 782. The van der Waals surface area contributed by atoms with Crippen LogP contribution in [0.3, 0.4) is 0 Å². The summed E-state index contributed by atoms with van der Waals surface area (Å²) in [5.41, 5.74) is 3.06. The Balaban J connectivity index is 1.42. The molecule has 1 aliphatic rings. The number of nitrogens with one attached hydrogen (secondary N) is 1. The van der Waals surface area contributed by atoms with E-state index in [1.54, 1.807) is 0 Å². The summed E-state index contributed by atoms with van der Waals surface area (Å²) in [7, 11) is 0. The SMILES string of the molecule is Cc1ccc(CC(=O)N2CCN(CC(=O)Nc3ccc(I)cc3)CC2)cc1. The van der Waals surface area contributed by atoms with Crippen LogP contribution in [-0.4, -0.2) is 54.3 Å². The van der Waals surface area contributed by atoms with Crippen molar-refractivity contribution in [2.75, 3.05) is 38.0 Å². The molecular formula is C21H24IN3O2. The molecule has 1 aliphatic heterocycles. The van der Waals surface area contributed by atoms with Gasteiger partial charge in [0, 0.05) is 35.4 Å². The molecule has 0 aliphatic carbocycles. The Kier molecular flexibility index (Phi) is 6.84. The number of anilines is 1. The molecule has 0 unspecified atom stereocenters. The van der Waals surface area contributed by atoms with E-state index in [0.29, 0.717) is 26.1 Å². The number of carbonyl (C=O) groups is 2. The first-order chi connectivity index (χ1) is 13.0. The third-order valence-electron chi connectivity index (χ3n) is 4.70. The van der Waals surface area contributed by atoms with Gasteiger partial charge in [-0.3, -0.25) is 14.5 Å². The number of carbonyl (C=O) groups excluding carboxylic acids is 2. The van der Waals surface area contributed by atoms with E-state index >= 15 is 0 Å². The summed E-state index contributed by atoms with van der Waals surface area (Å²) in [5.74, 6) is 0.137. The maximum Gasteiger partial charge on any atom is 0.238 e. The summed E-state index contributed by atoms with van der Waals surface area (Å²) in [6.07, 6.45) is 0.438. The quantitative estimate of drug-likeness (QED) is 0.675. The Hall–Kier alpha value is -1.93. The molecule has 27 heavy (non-hydrogen) atoms. The standard InChI is InChI=1S/C21H24IN3O2/c1-16-2-4-17(5-3-16)14-21(27)25-12-10-24(11-13-25)15-20(26)23-19-8-6-18(22)7-9-19/h2-9H,10-15H2,1H3,(H,23,26). The molecule has 1 fully saturated rings. The first-order valence-electron chi connectivity index (χ1n) is 9.11. The van der Waals surface area contributed by atoms with Gasteiger partial charge in [0.15, 0.2) is 0 Å². The highest BCUT2D eigenvalue weighted by Crippen LogP contribution is 2.12. The highest BCUT2D eigenvalue weighted by atomic mass is 127. The van der Waals surface area contributed by atoms with E-state index in [0.717, 1.165) is 27.9 Å². The predicted molar refractivity (Wildman–Crippen MR) is 116 cm³/mol. The fourth-order valence-corrected chi connectivity index (χ4v) is 3.44. The number of hydrogen-bond acceptors (Lipinski definition) is 3. The van der Waals surface area contributed by atoms with Gasteiger partial charge >= 0.3 is 0 Å². The smallest absolute Gasteiger partial charge is 0.238 e. The van der Waals surface area contributed by atoms with Gasteiger partial charge in [0.2, 0.25) is 11.8 Å². The molecule has 2 amide bonds. The molecule has 142 valence electrons. The largest absolute Gasteiger partial charge is 0.340 e. The van der Waals surface area contributed by atoms with Crippen LogP contribution in [0.5, 0.6) is 0 Å². The second-order valence-corrected chi connectivity index (χ2v) is 8.12. The lowest BCUT2D eigenvalue weighted by atomic mass is 10.1. The van der Waals surface area contributed by atoms with E-state index in [1.165, 1.54) is 5.56 Å². The van der Waals surface area contributed by atoms with E-state index in [4.69, 9.17) is 0 Å². The average molecular weight is 477 g/mol. The van der Waals surface area contributed by atoms with E-state index < -0.39 is 0 Å². The van der Waals surface area contributed by atoms with Gasteiger partial charge in [-0.2, -0.15) is 0 Å². The number of halogens is 1. The molecule has 0 radical (unpaired) electrons. The summed E-state index contributed by atoms with van der Waals surface area (Å²) in [5, 5.41) is 2.92. The predicted octanol–water partition coefficient (Wildman–Crippen LogP) is 2.93. The van der Waals surface area contributed by atoms with Crippen molar-refractivity contribution in [3.05, 3.63) is 63.2 Å². The van der Waals surface area contributed by atoms with E-state index in [-0.39, 0.29) is 11.8 Å². The number of aryl methyl sites for hydroxylation is 1. The van der Waals surface area contributed by atoms with Crippen molar-refractivity contribution < 1.29 is 9.59 Å². The van der Waals surface area contributed by atoms with Gasteiger partial charge in [0.25, 0.3) is 0 Å². The van der Waals surface area contributed by atoms with Crippen molar-refractivity contribution in [2.24, 2.45) is 0 Å². The zero-order valence-corrected chi connectivity index (χ0v) is 17.6. The fourth-order valence-electron chi connectivity index (χ4n) is 3.08. The first-order valence-corrected chi connectivity index (χ1v) is 10.2. The van der Waals surface area contributed by atoms with Crippen molar-refractivity contribution in [1.29, 1.82) is 0 Å². The summed E-state index contributed by atoms with van der Waals surface area (Å²) in [4.78, 5) is 28.7. The van der Waals surface area contributed by atoms with Gasteiger partial charge in [0.1, 0.15) is 0 Å². The van der Waals surface area contributed by atoms with Crippen LogP contribution >= 0.6 is 22.6 Å². The van der Waals surface area contributed by atoms with Crippen LogP contribution in [0.15, 0.2) is 48.5 Å². The van der Waals surface area contributed by atoms with E-state index in [2.05, 4.69) is 32.8 Å². The summed E-state index contributed by atoms with van der Waals surface area (Å²) in [6.45, 7) is 5.17. The van der Waals surface area contributed by atoms with E-state index in [9.17, 15) is 9.59 Å². The topological polar surface area (TPSA) is 52.7 Å². The number of rotatable bonds is 5. The number of piperazine rings is 1. The molecular weight excluding hydrogens is 453 g/mol. The summed E-state index contributed by atoms with van der Waals surface area (Å²) in [6, 6.07) is 15.8. The van der Waals surface area contributed by atoms with Crippen molar-refractivity contribution in [3.8, 4) is 0 Å². The Morgan fingerprint density at radius 3 is 2.22 bits per heavy atom. The van der Waals surface area contributed by atoms with Crippen molar-refractivity contribution in [2.45, 2.75) is 13.3 Å².